The van der Waals surface area contributed by atoms with E-state index in [9.17, 15) is 9.50 Å². The van der Waals surface area contributed by atoms with Crippen molar-refractivity contribution in [3.8, 4) is 5.75 Å². The molecule has 0 aliphatic carbocycles. The molecule has 1 aliphatic heterocycles. The largest absolute Gasteiger partial charge is 0.508 e. The Labute approximate surface area is 101 Å². The number of rotatable bonds is 3. The molecule has 2 atom stereocenters. The molecule has 0 aromatic heterocycles. The summed E-state index contributed by atoms with van der Waals surface area (Å²) in [7, 11) is 1.71. The van der Waals surface area contributed by atoms with Gasteiger partial charge < -0.3 is 9.84 Å². The van der Waals surface area contributed by atoms with Gasteiger partial charge in [0.05, 0.1) is 6.10 Å². The molecule has 0 saturated carbocycles. The second-order valence-corrected chi connectivity index (χ2v) is 4.52. The molecule has 1 saturated heterocycles. The lowest BCUT2D eigenvalue weighted by Gasteiger charge is -2.24. The Morgan fingerprint density at radius 2 is 2.29 bits per heavy atom. The predicted octanol–water partition coefficient (Wildman–Crippen LogP) is 2.31. The number of likely N-dealkylation sites (tertiary alicyclic amines) is 1. The van der Waals surface area contributed by atoms with Crippen molar-refractivity contribution >= 4 is 0 Å². The number of phenols is 1. The summed E-state index contributed by atoms with van der Waals surface area (Å²) in [5.41, 5.74) is 0.625. The lowest BCUT2D eigenvalue weighted by molar-refractivity contribution is 0.102. The van der Waals surface area contributed by atoms with Gasteiger partial charge in [0.1, 0.15) is 11.6 Å². The van der Waals surface area contributed by atoms with Crippen molar-refractivity contribution in [2.24, 2.45) is 0 Å². The maximum atomic E-state index is 13.7. The zero-order valence-electron chi connectivity index (χ0n) is 10.2. The van der Waals surface area contributed by atoms with Crippen molar-refractivity contribution in [2.75, 3.05) is 20.2 Å². The van der Waals surface area contributed by atoms with Crippen LogP contribution in [0.15, 0.2) is 18.2 Å². The summed E-state index contributed by atoms with van der Waals surface area (Å²) in [6.45, 7) is 3.73. The number of benzene rings is 1. The first-order valence-electron chi connectivity index (χ1n) is 5.87. The average Bonchev–Trinajstić information content (AvgIpc) is 2.76. The van der Waals surface area contributed by atoms with E-state index in [1.54, 1.807) is 13.2 Å². The van der Waals surface area contributed by atoms with Crippen molar-refractivity contribution in [1.82, 2.24) is 4.90 Å². The van der Waals surface area contributed by atoms with Crippen LogP contribution in [0.5, 0.6) is 5.75 Å². The van der Waals surface area contributed by atoms with Gasteiger partial charge in [-0.2, -0.15) is 0 Å². The third kappa shape index (κ3) is 2.58. The molecular formula is C13H18FNO2. The van der Waals surface area contributed by atoms with Crippen LogP contribution in [-0.4, -0.2) is 36.3 Å². The molecule has 2 unspecified atom stereocenters. The topological polar surface area (TPSA) is 32.7 Å². The van der Waals surface area contributed by atoms with Gasteiger partial charge in [-0.15, -0.1) is 0 Å². The van der Waals surface area contributed by atoms with Crippen LogP contribution in [0.3, 0.4) is 0 Å². The lowest BCUT2D eigenvalue weighted by Crippen LogP contribution is -2.26. The van der Waals surface area contributed by atoms with Crippen LogP contribution in [0, 0.1) is 5.82 Å². The number of ether oxygens (including phenoxy) is 1. The van der Waals surface area contributed by atoms with Crippen LogP contribution in [0.1, 0.15) is 24.9 Å². The average molecular weight is 239 g/mol. The fourth-order valence-corrected chi connectivity index (χ4v) is 2.35. The monoisotopic (exact) mass is 239 g/mol. The maximum Gasteiger partial charge on any atom is 0.131 e. The number of phenolic OH excluding ortho intramolecular Hbond substituents is 1. The predicted molar refractivity (Wildman–Crippen MR) is 63.5 cm³/mol. The minimum atomic E-state index is -0.349. The van der Waals surface area contributed by atoms with Crippen molar-refractivity contribution in [1.29, 1.82) is 0 Å². The van der Waals surface area contributed by atoms with Crippen LogP contribution in [0.4, 0.5) is 4.39 Å². The quantitative estimate of drug-likeness (QED) is 0.878. The second kappa shape index (κ2) is 5.02. The first-order valence-corrected chi connectivity index (χ1v) is 5.87. The third-order valence-corrected chi connectivity index (χ3v) is 3.49. The Morgan fingerprint density at radius 1 is 1.53 bits per heavy atom. The van der Waals surface area contributed by atoms with E-state index >= 15 is 0 Å². The number of methoxy groups -OCH3 is 1. The van der Waals surface area contributed by atoms with Gasteiger partial charge in [0.15, 0.2) is 0 Å². The molecule has 1 heterocycles. The number of hydrogen-bond acceptors (Lipinski definition) is 3. The van der Waals surface area contributed by atoms with Gasteiger partial charge in [-0.25, -0.2) is 4.39 Å². The summed E-state index contributed by atoms with van der Waals surface area (Å²) in [6.07, 6.45) is 1.23. The Bertz CT molecular complexity index is 397. The molecule has 0 amide bonds. The van der Waals surface area contributed by atoms with Gasteiger partial charge >= 0.3 is 0 Å². The summed E-state index contributed by atoms with van der Waals surface area (Å²) < 4.78 is 19.0. The fraction of sp³-hybridized carbons (Fsp3) is 0.538. The molecule has 17 heavy (non-hydrogen) atoms. The summed E-state index contributed by atoms with van der Waals surface area (Å²) in [5, 5.41) is 9.19. The van der Waals surface area contributed by atoms with Gasteiger partial charge in [0.25, 0.3) is 0 Å². The molecule has 1 N–H and O–H groups in total. The molecule has 4 heteroatoms. The first kappa shape index (κ1) is 12.3. The zero-order valence-corrected chi connectivity index (χ0v) is 10.2. The van der Waals surface area contributed by atoms with Crippen LogP contribution in [-0.2, 0) is 4.74 Å². The number of halogens is 1. The Morgan fingerprint density at radius 3 is 2.88 bits per heavy atom. The van der Waals surface area contributed by atoms with Gasteiger partial charge in [-0.1, -0.05) is 6.07 Å². The van der Waals surface area contributed by atoms with Crippen LogP contribution in [0.2, 0.25) is 0 Å². The van der Waals surface area contributed by atoms with Crippen molar-refractivity contribution < 1.29 is 14.2 Å². The maximum absolute atomic E-state index is 13.7. The van der Waals surface area contributed by atoms with E-state index in [1.807, 2.05) is 6.92 Å². The van der Waals surface area contributed by atoms with Gasteiger partial charge in [-0.3, -0.25) is 4.90 Å². The molecule has 0 spiro atoms. The number of aromatic hydroxyl groups is 1. The molecule has 1 aromatic rings. The molecule has 94 valence electrons. The van der Waals surface area contributed by atoms with Gasteiger partial charge in [0.2, 0.25) is 0 Å². The number of hydrogen-bond donors (Lipinski definition) is 1. The summed E-state index contributed by atoms with van der Waals surface area (Å²) >= 11 is 0. The van der Waals surface area contributed by atoms with Gasteiger partial charge in [0, 0.05) is 37.9 Å². The zero-order chi connectivity index (χ0) is 12.4. The second-order valence-electron chi connectivity index (χ2n) is 4.52. The van der Waals surface area contributed by atoms with E-state index in [1.165, 1.54) is 6.07 Å². The van der Waals surface area contributed by atoms with E-state index in [0.29, 0.717) is 5.56 Å². The highest BCUT2D eigenvalue weighted by Gasteiger charge is 2.27. The molecule has 1 aromatic carbocycles. The molecule has 1 fully saturated rings. The minimum absolute atomic E-state index is 0.00995. The molecule has 0 bridgehead atoms. The normalized spacial score (nSPS) is 22.9. The lowest BCUT2D eigenvalue weighted by atomic mass is 10.1. The SMILES string of the molecule is COC1CCN(C(C)c2ccc(O)cc2F)C1. The first-order chi connectivity index (χ1) is 8.11. The van der Waals surface area contributed by atoms with Crippen LogP contribution < -0.4 is 0 Å². The standard InChI is InChI=1S/C13H18FNO2/c1-9(15-6-5-11(8-15)17-2)12-4-3-10(16)7-13(12)14/h3-4,7,9,11,16H,5-6,8H2,1-2H3. The molecule has 1 aliphatic rings. The van der Waals surface area contributed by atoms with E-state index in [-0.39, 0.29) is 23.7 Å². The highest BCUT2D eigenvalue weighted by molar-refractivity contribution is 5.29. The van der Waals surface area contributed by atoms with E-state index in [2.05, 4.69) is 4.90 Å². The minimum Gasteiger partial charge on any atom is -0.508 e. The molecule has 0 radical (unpaired) electrons. The van der Waals surface area contributed by atoms with E-state index < -0.39 is 0 Å². The third-order valence-electron chi connectivity index (χ3n) is 3.49. The smallest absolute Gasteiger partial charge is 0.131 e. The Kier molecular flexibility index (Phi) is 3.64. The number of nitrogens with zero attached hydrogens (tertiary/aromatic N) is 1. The highest BCUT2D eigenvalue weighted by Crippen LogP contribution is 2.28. The van der Waals surface area contributed by atoms with E-state index in [4.69, 9.17) is 4.74 Å². The highest BCUT2D eigenvalue weighted by atomic mass is 19.1. The molecule has 2 rings (SSSR count). The van der Waals surface area contributed by atoms with Crippen molar-refractivity contribution in [2.45, 2.75) is 25.5 Å². The summed E-state index contributed by atoms with van der Waals surface area (Å²) in [4.78, 5) is 2.20. The summed E-state index contributed by atoms with van der Waals surface area (Å²) in [5.74, 6) is -0.381. The molecular weight excluding hydrogens is 221 g/mol. The summed E-state index contributed by atoms with van der Waals surface area (Å²) in [6, 6.07) is 4.35. The van der Waals surface area contributed by atoms with Crippen LogP contribution >= 0.6 is 0 Å². The van der Waals surface area contributed by atoms with E-state index in [0.717, 1.165) is 25.6 Å². The Balaban J connectivity index is 2.12. The fourth-order valence-electron chi connectivity index (χ4n) is 2.35. The van der Waals surface area contributed by atoms with Gasteiger partial charge in [-0.05, 0) is 19.4 Å². The Hall–Kier alpha value is -1.13. The van der Waals surface area contributed by atoms with Crippen LogP contribution in [0.25, 0.3) is 0 Å². The van der Waals surface area contributed by atoms with Crippen molar-refractivity contribution in [3.05, 3.63) is 29.6 Å². The van der Waals surface area contributed by atoms with Crippen molar-refractivity contribution in [3.63, 3.8) is 0 Å². The molecule has 3 nitrogen and oxygen atoms in total.